The minimum absolute atomic E-state index is 0.0230. The number of nitrogens with two attached hydrogens (primary N) is 1. The molecule has 0 aromatic carbocycles. The van der Waals surface area contributed by atoms with Crippen LogP contribution in [0.1, 0.15) is 6.92 Å². The van der Waals surface area contributed by atoms with Crippen LogP contribution in [0, 0.1) is 0 Å². The first-order chi connectivity index (χ1) is 9.72. The van der Waals surface area contributed by atoms with Gasteiger partial charge in [-0.1, -0.05) is 0 Å². The third-order valence-electron chi connectivity index (χ3n) is 3.40. The molecule has 2 aromatic heterocycles. The first kappa shape index (κ1) is 13.0. The molecule has 0 radical (unpaired) electrons. The average Bonchev–Trinajstić information content (AvgIpc) is 2.95. The summed E-state index contributed by atoms with van der Waals surface area (Å²) in [6.45, 7) is 3.10. The van der Waals surface area contributed by atoms with Gasteiger partial charge in [0.25, 0.3) is 0 Å². The number of hydrogen-bond donors (Lipinski definition) is 4. The fourth-order valence-electron chi connectivity index (χ4n) is 2.33. The molecule has 9 heteroatoms. The van der Waals surface area contributed by atoms with E-state index >= 15 is 0 Å². The van der Waals surface area contributed by atoms with Gasteiger partial charge in [0.05, 0.1) is 36.9 Å². The standard InChI is InChI=1S/C11H17N7O2/c1-6-5-20-7(4-19)3-18(6)10-8-2-13-17-9(8)14-11(15-10)16-12/h2,6-7,19H,3-5,12H2,1H3,(H2,13,14,15,16,17). The molecule has 3 rings (SSSR count). The number of aliphatic hydroxyl groups excluding tert-OH is 1. The Balaban J connectivity index is 2.04. The largest absolute Gasteiger partial charge is 0.394 e. The Labute approximate surface area is 115 Å². The highest BCUT2D eigenvalue weighted by Gasteiger charge is 2.28. The summed E-state index contributed by atoms with van der Waals surface area (Å²) in [6.07, 6.45) is 1.46. The van der Waals surface area contributed by atoms with Crippen LogP contribution in [0.15, 0.2) is 6.20 Å². The van der Waals surface area contributed by atoms with E-state index in [1.54, 1.807) is 6.20 Å². The lowest BCUT2D eigenvalue weighted by molar-refractivity contribution is -0.0104. The van der Waals surface area contributed by atoms with Gasteiger partial charge in [-0.3, -0.25) is 10.5 Å². The summed E-state index contributed by atoms with van der Waals surface area (Å²) in [5.74, 6) is 6.45. The van der Waals surface area contributed by atoms with Gasteiger partial charge in [0.2, 0.25) is 5.95 Å². The summed E-state index contributed by atoms with van der Waals surface area (Å²) in [7, 11) is 0. The van der Waals surface area contributed by atoms with Gasteiger partial charge in [0.1, 0.15) is 5.82 Å². The molecule has 3 heterocycles. The summed E-state index contributed by atoms with van der Waals surface area (Å²) in [5.41, 5.74) is 3.06. The van der Waals surface area contributed by atoms with Crippen LogP contribution in [0.5, 0.6) is 0 Å². The lowest BCUT2D eigenvalue weighted by Gasteiger charge is -2.38. The maximum absolute atomic E-state index is 9.28. The number of nitrogens with one attached hydrogen (secondary N) is 2. The van der Waals surface area contributed by atoms with Crippen molar-refractivity contribution < 1.29 is 9.84 Å². The highest BCUT2D eigenvalue weighted by atomic mass is 16.5. The minimum atomic E-state index is -0.225. The second-order valence-electron chi connectivity index (χ2n) is 4.79. The first-order valence-electron chi connectivity index (χ1n) is 6.39. The van der Waals surface area contributed by atoms with Gasteiger partial charge < -0.3 is 14.7 Å². The van der Waals surface area contributed by atoms with E-state index in [2.05, 4.69) is 30.5 Å². The van der Waals surface area contributed by atoms with Crippen LogP contribution in [0.25, 0.3) is 11.0 Å². The summed E-state index contributed by atoms with van der Waals surface area (Å²) in [5, 5.41) is 16.9. The Bertz CT molecular complexity index is 601. The normalized spacial score (nSPS) is 23.2. The number of morpholine rings is 1. The second kappa shape index (κ2) is 5.19. The molecule has 1 aliphatic rings. The van der Waals surface area contributed by atoms with Gasteiger partial charge in [-0.25, -0.2) is 5.84 Å². The summed E-state index contributed by atoms with van der Waals surface area (Å²) in [6, 6.07) is 0.136. The highest BCUT2D eigenvalue weighted by Crippen LogP contribution is 2.27. The molecule has 0 amide bonds. The molecule has 0 bridgehead atoms. The van der Waals surface area contributed by atoms with Gasteiger partial charge >= 0.3 is 0 Å². The second-order valence-corrected chi connectivity index (χ2v) is 4.79. The zero-order valence-corrected chi connectivity index (χ0v) is 11.1. The SMILES string of the molecule is CC1COC(CO)CN1c1nc(NN)nc2[nH]ncc12. The fourth-order valence-corrected chi connectivity index (χ4v) is 2.33. The number of hydrogen-bond acceptors (Lipinski definition) is 8. The van der Waals surface area contributed by atoms with Crippen molar-refractivity contribution in [2.75, 3.05) is 30.1 Å². The zero-order valence-electron chi connectivity index (χ0n) is 11.1. The van der Waals surface area contributed by atoms with Crippen LogP contribution in [-0.4, -0.2) is 57.2 Å². The zero-order chi connectivity index (χ0) is 14.1. The number of nitrogen functional groups attached to an aromatic ring is 1. The smallest absolute Gasteiger partial charge is 0.241 e. The molecule has 2 aromatic rings. The Kier molecular flexibility index (Phi) is 3.38. The van der Waals surface area contributed by atoms with Gasteiger partial charge in [-0.2, -0.15) is 15.1 Å². The van der Waals surface area contributed by atoms with Crippen molar-refractivity contribution in [3.8, 4) is 0 Å². The van der Waals surface area contributed by atoms with Crippen molar-refractivity contribution in [1.29, 1.82) is 0 Å². The van der Waals surface area contributed by atoms with Crippen molar-refractivity contribution in [3.63, 3.8) is 0 Å². The van der Waals surface area contributed by atoms with Crippen LogP contribution in [0.2, 0.25) is 0 Å². The number of aromatic nitrogens is 4. The Morgan fingerprint density at radius 2 is 2.45 bits per heavy atom. The average molecular weight is 279 g/mol. The van der Waals surface area contributed by atoms with Crippen molar-refractivity contribution in [2.45, 2.75) is 19.1 Å². The highest BCUT2D eigenvalue weighted by molar-refractivity contribution is 5.87. The van der Waals surface area contributed by atoms with E-state index < -0.39 is 0 Å². The van der Waals surface area contributed by atoms with Gasteiger partial charge in [-0.15, -0.1) is 0 Å². The molecule has 0 saturated carbocycles. The molecular weight excluding hydrogens is 262 g/mol. The van der Waals surface area contributed by atoms with Crippen molar-refractivity contribution >= 4 is 22.8 Å². The number of aliphatic hydroxyl groups is 1. The molecule has 5 N–H and O–H groups in total. The molecule has 1 saturated heterocycles. The van der Waals surface area contributed by atoms with Gasteiger partial charge in [-0.05, 0) is 6.92 Å². The first-order valence-corrected chi connectivity index (χ1v) is 6.39. The molecule has 0 aliphatic carbocycles. The summed E-state index contributed by atoms with van der Waals surface area (Å²) < 4.78 is 5.54. The van der Waals surface area contributed by atoms with E-state index in [9.17, 15) is 5.11 Å². The molecule has 1 fully saturated rings. The number of aromatic amines is 1. The Hall–Kier alpha value is -1.97. The van der Waals surface area contributed by atoms with E-state index in [1.807, 2.05) is 6.92 Å². The molecule has 20 heavy (non-hydrogen) atoms. The lowest BCUT2D eigenvalue weighted by atomic mass is 10.2. The Morgan fingerprint density at radius 3 is 3.20 bits per heavy atom. The van der Waals surface area contributed by atoms with E-state index in [0.29, 0.717) is 24.7 Å². The quantitative estimate of drug-likeness (QED) is 0.426. The third kappa shape index (κ3) is 2.15. The molecule has 2 atom stereocenters. The monoisotopic (exact) mass is 279 g/mol. The minimum Gasteiger partial charge on any atom is -0.394 e. The van der Waals surface area contributed by atoms with E-state index in [4.69, 9.17) is 10.6 Å². The number of fused-ring (bicyclic) bond motifs is 1. The predicted octanol–water partition coefficient (Wildman–Crippen LogP) is -0.775. The Morgan fingerprint density at radius 1 is 1.60 bits per heavy atom. The lowest BCUT2D eigenvalue weighted by Crippen LogP contribution is -2.50. The third-order valence-corrected chi connectivity index (χ3v) is 3.40. The molecular formula is C11H17N7O2. The molecule has 2 unspecified atom stereocenters. The van der Waals surface area contributed by atoms with Crippen molar-refractivity contribution in [1.82, 2.24) is 20.2 Å². The van der Waals surface area contributed by atoms with Crippen molar-refractivity contribution in [2.24, 2.45) is 5.84 Å². The van der Waals surface area contributed by atoms with E-state index in [1.165, 1.54) is 0 Å². The van der Waals surface area contributed by atoms with Crippen LogP contribution in [0.4, 0.5) is 11.8 Å². The summed E-state index contributed by atoms with van der Waals surface area (Å²) >= 11 is 0. The summed E-state index contributed by atoms with van der Waals surface area (Å²) in [4.78, 5) is 10.7. The van der Waals surface area contributed by atoms with E-state index in [0.717, 1.165) is 11.2 Å². The predicted molar refractivity (Wildman–Crippen MR) is 73.1 cm³/mol. The van der Waals surface area contributed by atoms with E-state index in [-0.39, 0.29) is 18.8 Å². The van der Waals surface area contributed by atoms with Gasteiger partial charge in [0, 0.05) is 6.54 Å². The molecule has 9 nitrogen and oxygen atoms in total. The maximum atomic E-state index is 9.28. The number of H-pyrrole nitrogens is 1. The number of rotatable bonds is 3. The topological polar surface area (TPSA) is 125 Å². The molecule has 1 aliphatic heterocycles. The fraction of sp³-hybridized carbons (Fsp3) is 0.545. The van der Waals surface area contributed by atoms with Crippen molar-refractivity contribution in [3.05, 3.63) is 6.20 Å². The number of ether oxygens (including phenoxy) is 1. The van der Waals surface area contributed by atoms with Crippen LogP contribution in [0.3, 0.4) is 0 Å². The van der Waals surface area contributed by atoms with Crippen LogP contribution in [-0.2, 0) is 4.74 Å². The van der Waals surface area contributed by atoms with Crippen LogP contribution < -0.4 is 16.2 Å². The number of hydrazine groups is 1. The maximum Gasteiger partial charge on any atom is 0.241 e. The van der Waals surface area contributed by atoms with Crippen LogP contribution >= 0.6 is 0 Å². The molecule has 0 spiro atoms. The van der Waals surface area contributed by atoms with Gasteiger partial charge in [0.15, 0.2) is 5.65 Å². The number of nitrogens with zero attached hydrogens (tertiary/aromatic N) is 4. The number of anilines is 2. The molecule has 108 valence electrons.